The Labute approximate surface area is 115 Å². The molecule has 2 rings (SSSR count). The van der Waals surface area contributed by atoms with E-state index in [1.54, 1.807) is 0 Å². The van der Waals surface area contributed by atoms with E-state index in [-0.39, 0.29) is 29.4 Å². The van der Waals surface area contributed by atoms with Gasteiger partial charge in [0.1, 0.15) is 12.1 Å². The summed E-state index contributed by atoms with van der Waals surface area (Å²) in [5.74, 6) is 0.532. The molecule has 1 aliphatic carbocycles. The minimum absolute atomic E-state index is 0.0307. The van der Waals surface area contributed by atoms with Crippen LogP contribution in [0.2, 0.25) is 0 Å². The Balaban J connectivity index is 2.27. The quantitative estimate of drug-likeness (QED) is 0.828. The summed E-state index contributed by atoms with van der Waals surface area (Å²) in [5.41, 5.74) is -0.239. The van der Waals surface area contributed by atoms with Crippen LogP contribution in [0, 0.1) is 5.92 Å². The first kappa shape index (κ1) is 14.4. The number of piperazine rings is 1. The van der Waals surface area contributed by atoms with Crippen molar-refractivity contribution < 1.29 is 9.59 Å². The van der Waals surface area contributed by atoms with E-state index in [4.69, 9.17) is 0 Å². The molecule has 19 heavy (non-hydrogen) atoms. The molecule has 108 valence electrons. The van der Waals surface area contributed by atoms with Crippen molar-refractivity contribution in [3.05, 3.63) is 0 Å². The van der Waals surface area contributed by atoms with E-state index in [1.165, 1.54) is 0 Å². The Bertz CT molecular complexity index is 374. The van der Waals surface area contributed by atoms with Gasteiger partial charge in [-0.25, -0.2) is 0 Å². The Morgan fingerprint density at radius 1 is 1.26 bits per heavy atom. The summed E-state index contributed by atoms with van der Waals surface area (Å²) in [6.45, 7) is 8.26. The number of carbonyl (C=O) groups excluding carboxylic acids is 2. The summed E-state index contributed by atoms with van der Waals surface area (Å²) in [6.07, 6.45) is 4.76. The number of hydrogen-bond donors (Lipinski definition) is 1. The van der Waals surface area contributed by atoms with Crippen LogP contribution in [-0.4, -0.2) is 34.3 Å². The molecule has 4 heteroatoms. The number of rotatable bonds is 5. The first-order valence-electron chi connectivity index (χ1n) is 7.56. The summed E-state index contributed by atoms with van der Waals surface area (Å²) in [7, 11) is 0. The van der Waals surface area contributed by atoms with Gasteiger partial charge in [0.25, 0.3) is 0 Å². The maximum Gasteiger partial charge on any atom is 0.246 e. The average Bonchev–Trinajstić information content (AvgIpc) is 3.14. The number of hydrogen-bond acceptors (Lipinski definition) is 2. The van der Waals surface area contributed by atoms with E-state index in [2.05, 4.69) is 26.1 Å². The fraction of sp³-hybridized carbons (Fsp3) is 0.867. The molecule has 0 aromatic rings. The normalized spacial score (nSPS) is 28.5. The molecule has 0 spiro atoms. The fourth-order valence-electron chi connectivity index (χ4n) is 3.30. The van der Waals surface area contributed by atoms with Crippen LogP contribution in [0.25, 0.3) is 0 Å². The van der Waals surface area contributed by atoms with Crippen molar-refractivity contribution >= 4 is 11.8 Å². The highest BCUT2D eigenvalue weighted by Gasteiger charge is 2.50. The van der Waals surface area contributed by atoms with Gasteiger partial charge in [0.2, 0.25) is 11.8 Å². The molecule has 4 nitrogen and oxygen atoms in total. The topological polar surface area (TPSA) is 49.4 Å². The highest BCUT2D eigenvalue weighted by Crippen LogP contribution is 2.37. The summed E-state index contributed by atoms with van der Waals surface area (Å²) in [6, 6.07) is -0.574. The average molecular weight is 266 g/mol. The monoisotopic (exact) mass is 266 g/mol. The maximum atomic E-state index is 12.8. The van der Waals surface area contributed by atoms with Gasteiger partial charge in [-0.05, 0) is 45.4 Å². The second kappa shape index (κ2) is 5.14. The van der Waals surface area contributed by atoms with Crippen LogP contribution in [-0.2, 0) is 9.59 Å². The predicted octanol–water partition coefficient (Wildman–Crippen LogP) is 2.08. The third-order valence-electron chi connectivity index (χ3n) is 4.41. The van der Waals surface area contributed by atoms with Gasteiger partial charge in [-0.15, -0.1) is 0 Å². The van der Waals surface area contributed by atoms with Crippen LogP contribution in [0.1, 0.15) is 59.8 Å². The SMILES string of the molecule is CCCC(C)(C)N1C(=O)C(C2CC2)NC(=O)C1CC. The molecule has 0 bridgehead atoms. The van der Waals surface area contributed by atoms with Gasteiger partial charge in [0.05, 0.1) is 0 Å². The standard InChI is InChI=1S/C15H26N2O2/c1-5-9-15(3,4)17-11(6-2)13(18)16-12(14(17)19)10-7-8-10/h10-12H,5-9H2,1-4H3,(H,16,18). The predicted molar refractivity (Wildman–Crippen MR) is 74.6 cm³/mol. The van der Waals surface area contributed by atoms with Crippen molar-refractivity contribution in [2.45, 2.75) is 77.4 Å². The highest BCUT2D eigenvalue weighted by molar-refractivity contribution is 5.97. The lowest BCUT2D eigenvalue weighted by Crippen LogP contribution is -2.68. The molecule has 2 aliphatic rings. The van der Waals surface area contributed by atoms with Crippen molar-refractivity contribution in [3.8, 4) is 0 Å². The van der Waals surface area contributed by atoms with Crippen LogP contribution >= 0.6 is 0 Å². The van der Waals surface area contributed by atoms with E-state index in [9.17, 15) is 9.59 Å². The Kier molecular flexibility index (Phi) is 3.88. The van der Waals surface area contributed by atoms with Crippen LogP contribution in [0.4, 0.5) is 0 Å². The first-order valence-corrected chi connectivity index (χ1v) is 7.56. The van der Waals surface area contributed by atoms with Crippen molar-refractivity contribution in [2.75, 3.05) is 0 Å². The molecule has 2 fully saturated rings. The zero-order valence-electron chi connectivity index (χ0n) is 12.5. The van der Waals surface area contributed by atoms with Crippen LogP contribution in [0.15, 0.2) is 0 Å². The van der Waals surface area contributed by atoms with E-state index < -0.39 is 0 Å². The molecule has 2 amide bonds. The fourth-order valence-corrected chi connectivity index (χ4v) is 3.30. The Hall–Kier alpha value is -1.06. The van der Waals surface area contributed by atoms with Gasteiger partial charge in [-0.2, -0.15) is 0 Å². The van der Waals surface area contributed by atoms with Gasteiger partial charge in [-0.3, -0.25) is 9.59 Å². The van der Waals surface area contributed by atoms with Gasteiger partial charge in [0.15, 0.2) is 0 Å². The molecule has 0 aromatic heterocycles. The molecule has 1 saturated heterocycles. The van der Waals surface area contributed by atoms with E-state index in [1.807, 2.05) is 11.8 Å². The number of amides is 2. The molecule has 2 unspecified atom stereocenters. The minimum atomic E-state index is -0.302. The third-order valence-corrected chi connectivity index (χ3v) is 4.41. The third kappa shape index (κ3) is 2.63. The highest BCUT2D eigenvalue weighted by atomic mass is 16.2. The van der Waals surface area contributed by atoms with Crippen LogP contribution in [0.3, 0.4) is 0 Å². The molecule has 1 aliphatic heterocycles. The molecule has 1 heterocycles. The minimum Gasteiger partial charge on any atom is -0.342 e. The summed E-state index contributed by atoms with van der Waals surface area (Å²) < 4.78 is 0. The maximum absolute atomic E-state index is 12.8. The van der Waals surface area contributed by atoms with Gasteiger partial charge >= 0.3 is 0 Å². The van der Waals surface area contributed by atoms with Crippen molar-refractivity contribution in [2.24, 2.45) is 5.92 Å². The molecule has 0 radical (unpaired) electrons. The van der Waals surface area contributed by atoms with Crippen molar-refractivity contribution in [1.29, 1.82) is 0 Å². The van der Waals surface area contributed by atoms with Crippen molar-refractivity contribution in [3.63, 3.8) is 0 Å². The van der Waals surface area contributed by atoms with E-state index in [0.29, 0.717) is 12.3 Å². The zero-order chi connectivity index (χ0) is 14.2. The zero-order valence-corrected chi connectivity index (χ0v) is 12.5. The molecule has 0 aromatic carbocycles. The Morgan fingerprint density at radius 3 is 2.37 bits per heavy atom. The van der Waals surface area contributed by atoms with E-state index >= 15 is 0 Å². The number of nitrogens with one attached hydrogen (secondary N) is 1. The Morgan fingerprint density at radius 2 is 1.89 bits per heavy atom. The lowest BCUT2D eigenvalue weighted by atomic mass is 9.89. The smallest absolute Gasteiger partial charge is 0.246 e. The van der Waals surface area contributed by atoms with Crippen LogP contribution < -0.4 is 5.32 Å². The lowest BCUT2D eigenvalue weighted by molar-refractivity contribution is -0.157. The van der Waals surface area contributed by atoms with Gasteiger partial charge in [0, 0.05) is 5.54 Å². The number of carbonyl (C=O) groups is 2. The molecule has 1 saturated carbocycles. The summed E-state index contributed by atoms with van der Waals surface area (Å²) >= 11 is 0. The van der Waals surface area contributed by atoms with Crippen LogP contribution in [0.5, 0.6) is 0 Å². The number of nitrogens with zero attached hydrogens (tertiary/aromatic N) is 1. The summed E-state index contributed by atoms with van der Waals surface area (Å²) in [5, 5.41) is 2.94. The first-order chi connectivity index (χ1) is 8.92. The second-order valence-electron chi connectivity index (χ2n) is 6.52. The lowest BCUT2D eigenvalue weighted by Gasteiger charge is -2.48. The molecular formula is C15H26N2O2. The summed E-state index contributed by atoms with van der Waals surface area (Å²) in [4.78, 5) is 26.9. The molecule has 1 N–H and O–H groups in total. The molecular weight excluding hydrogens is 240 g/mol. The largest absolute Gasteiger partial charge is 0.342 e. The van der Waals surface area contributed by atoms with Crippen molar-refractivity contribution in [1.82, 2.24) is 10.2 Å². The van der Waals surface area contributed by atoms with Gasteiger partial charge in [-0.1, -0.05) is 20.3 Å². The molecule has 2 atom stereocenters. The van der Waals surface area contributed by atoms with Gasteiger partial charge < -0.3 is 10.2 Å². The van der Waals surface area contributed by atoms with E-state index in [0.717, 1.165) is 25.7 Å². The second-order valence-corrected chi connectivity index (χ2v) is 6.52.